The summed E-state index contributed by atoms with van der Waals surface area (Å²) in [5.41, 5.74) is 0.865. The van der Waals surface area contributed by atoms with Crippen molar-refractivity contribution in [3.8, 4) is 0 Å². The minimum absolute atomic E-state index is 0.108. The van der Waals surface area contributed by atoms with Crippen molar-refractivity contribution in [2.45, 2.75) is 6.92 Å². The van der Waals surface area contributed by atoms with E-state index in [1.807, 2.05) is 0 Å². The summed E-state index contributed by atoms with van der Waals surface area (Å²) < 4.78 is 5.02. The number of hydrogen-bond acceptors (Lipinski definition) is 5. The monoisotopic (exact) mass is 324 g/mol. The first-order valence-corrected chi connectivity index (χ1v) is 7.05. The highest BCUT2D eigenvalue weighted by molar-refractivity contribution is 6.06. The van der Waals surface area contributed by atoms with Gasteiger partial charge in [-0.3, -0.25) is 14.9 Å². The maximum Gasteiger partial charge on any atom is 0.336 e. The van der Waals surface area contributed by atoms with E-state index in [0.29, 0.717) is 22.2 Å². The number of nitro benzene ring substituents is 1. The molecule has 1 N–H and O–H groups in total. The summed E-state index contributed by atoms with van der Waals surface area (Å²) in [6.07, 6.45) is 0. The predicted molar refractivity (Wildman–Crippen MR) is 88.3 cm³/mol. The number of carbonyl (C=O) groups excluding carboxylic acids is 1. The van der Waals surface area contributed by atoms with E-state index < -0.39 is 16.5 Å². The zero-order chi connectivity index (χ0) is 17.3. The minimum Gasteiger partial charge on any atom is -0.423 e. The standard InChI is InChI=1S/C17H12N2O5/c1-10-13(3-2-4-14(10)19(22)23)17(21)18-12-6-7-15-11(9-12)5-8-16(20)24-15/h2-9H,1H3,(H,18,21). The number of nitro groups is 1. The van der Waals surface area contributed by atoms with Gasteiger partial charge in [-0.15, -0.1) is 0 Å². The van der Waals surface area contributed by atoms with Crippen LogP contribution < -0.4 is 10.9 Å². The molecule has 0 aliphatic heterocycles. The molecule has 0 saturated carbocycles. The minimum atomic E-state index is -0.524. The van der Waals surface area contributed by atoms with Gasteiger partial charge in [-0.05, 0) is 37.3 Å². The number of carbonyl (C=O) groups is 1. The molecule has 0 aliphatic rings. The van der Waals surface area contributed by atoms with Crippen LogP contribution in [0, 0.1) is 17.0 Å². The third kappa shape index (κ3) is 2.87. The maximum atomic E-state index is 12.4. The van der Waals surface area contributed by atoms with E-state index in [9.17, 15) is 19.7 Å². The first-order chi connectivity index (χ1) is 11.5. The molecule has 0 atom stereocenters. The molecular formula is C17H12N2O5. The molecular weight excluding hydrogens is 312 g/mol. The fraction of sp³-hybridized carbons (Fsp3) is 0.0588. The van der Waals surface area contributed by atoms with Crippen molar-refractivity contribution in [2.24, 2.45) is 0 Å². The van der Waals surface area contributed by atoms with Crippen LogP contribution >= 0.6 is 0 Å². The topological polar surface area (TPSA) is 102 Å². The number of hydrogen-bond donors (Lipinski definition) is 1. The van der Waals surface area contributed by atoms with Gasteiger partial charge in [-0.2, -0.15) is 0 Å². The number of rotatable bonds is 3. The first-order valence-electron chi connectivity index (χ1n) is 7.05. The molecule has 0 radical (unpaired) electrons. The summed E-state index contributed by atoms with van der Waals surface area (Å²) >= 11 is 0. The van der Waals surface area contributed by atoms with Gasteiger partial charge in [0.15, 0.2) is 0 Å². The Hall–Kier alpha value is -3.48. The maximum absolute atomic E-state index is 12.4. The lowest BCUT2D eigenvalue weighted by Crippen LogP contribution is -2.14. The van der Waals surface area contributed by atoms with Gasteiger partial charge in [-0.25, -0.2) is 4.79 Å². The Balaban J connectivity index is 1.93. The van der Waals surface area contributed by atoms with Crippen LogP contribution in [0.15, 0.2) is 57.7 Å². The SMILES string of the molecule is Cc1c(C(=O)Nc2ccc3oc(=O)ccc3c2)cccc1[N+](=O)[O-]. The molecule has 1 aromatic heterocycles. The van der Waals surface area contributed by atoms with Gasteiger partial charge in [0.2, 0.25) is 0 Å². The smallest absolute Gasteiger partial charge is 0.336 e. The number of fused-ring (bicyclic) bond motifs is 1. The second-order valence-corrected chi connectivity index (χ2v) is 5.17. The van der Waals surface area contributed by atoms with E-state index in [-0.39, 0.29) is 11.3 Å². The van der Waals surface area contributed by atoms with Crippen LogP contribution in [-0.4, -0.2) is 10.8 Å². The average Bonchev–Trinajstić information content (AvgIpc) is 2.54. The molecule has 3 rings (SSSR count). The van der Waals surface area contributed by atoms with E-state index >= 15 is 0 Å². The van der Waals surface area contributed by atoms with Crippen LogP contribution in [0.2, 0.25) is 0 Å². The Bertz CT molecular complexity index is 1020. The molecule has 24 heavy (non-hydrogen) atoms. The fourth-order valence-corrected chi connectivity index (χ4v) is 2.42. The Morgan fingerprint density at radius 1 is 1.17 bits per heavy atom. The number of benzene rings is 2. The summed E-state index contributed by atoms with van der Waals surface area (Å²) in [7, 11) is 0. The Kier molecular flexibility index (Phi) is 3.83. The van der Waals surface area contributed by atoms with Crippen LogP contribution in [-0.2, 0) is 0 Å². The lowest BCUT2D eigenvalue weighted by molar-refractivity contribution is -0.385. The lowest BCUT2D eigenvalue weighted by atomic mass is 10.1. The summed E-state index contributed by atoms with van der Waals surface area (Å²) in [6, 6.07) is 12.1. The Morgan fingerprint density at radius 3 is 2.71 bits per heavy atom. The van der Waals surface area contributed by atoms with Crippen LogP contribution in [0.1, 0.15) is 15.9 Å². The summed E-state index contributed by atoms with van der Waals surface area (Å²) in [4.78, 5) is 34.0. The molecule has 3 aromatic rings. The normalized spacial score (nSPS) is 10.5. The Labute approximate surface area is 135 Å². The first kappa shape index (κ1) is 15.4. The third-order valence-electron chi connectivity index (χ3n) is 3.62. The molecule has 7 nitrogen and oxygen atoms in total. The van der Waals surface area contributed by atoms with Crippen molar-refractivity contribution in [3.05, 3.63) is 80.2 Å². The van der Waals surface area contributed by atoms with Gasteiger partial charge in [0.25, 0.3) is 11.6 Å². The lowest BCUT2D eigenvalue weighted by Gasteiger charge is -2.08. The van der Waals surface area contributed by atoms with Gasteiger partial charge in [0, 0.05) is 34.3 Å². The molecule has 7 heteroatoms. The second kappa shape index (κ2) is 5.96. The zero-order valence-corrected chi connectivity index (χ0v) is 12.6. The summed E-state index contributed by atoms with van der Waals surface area (Å²) in [6.45, 7) is 1.53. The summed E-state index contributed by atoms with van der Waals surface area (Å²) in [5.74, 6) is -0.451. The number of anilines is 1. The molecule has 0 aliphatic carbocycles. The molecule has 1 heterocycles. The van der Waals surface area contributed by atoms with Gasteiger partial charge in [0.1, 0.15) is 5.58 Å². The van der Waals surface area contributed by atoms with E-state index in [1.165, 1.54) is 31.2 Å². The largest absolute Gasteiger partial charge is 0.423 e. The van der Waals surface area contributed by atoms with E-state index in [4.69, 9.17) is 4.42 Å². The highest BCUT2D eigenvalue weighted by Crippen LogP contribution is 2.23. The molecule has 0 unspecified atom stereocenters. The average molecular weight is 324 g/mol. The summed E-state index contributed by atoms with van der Waals surface area (Å²) in [5, 5.41) is 14.3. The molecule has 120 valence electrons. The molecule has 0 spiro atoms. The zero-order valence-electron chi connectivity index (χ0n) is 12.6. The molecule has 0 saturated heterocycles. The quantitative estimate of drug-likeness (QED) is 0.452. The fourth-order valence-electron chi connectivity index (χ4n) is 2.42. The molecule has 2 aromatic carbocycles. The number of nitrogens with one attached hydrogen (secondary N) is 1. The van der Waals surface area contributed by atoms with Crippen molar-refractivity contribution >= 4 is 28.3 Å². The highest BCUT2D eigenvalue weighted by Gasteiger charge is 2.18. The van der Waals surface area contributed by atoms with Crippen LogP contribution in [0.3, 0.4) is 0 Å². The van der Waals surface area contributed by atoms with Crippen molar-refractivity contribution in [1.29, 1.82) is 0 Å². The molecule has 1 amide bonds. The van der Waals surface area contributed by atoms with E-state index in [0.717, 1.165) is 0 Å². The number of amides is 1. The van der Waals surface area contributed by atoms with E-state index in [1.54, 1.807) is 24.3 Å². The Morgan fingerprint density at radius 2 is 1.96 bits per heavy atom. The third-order valence-corrected chi connectivity index (χ3v) is 3.62. The van der Waals surface area contributed by atoms with Gasteiger partial charge >= 0.3 is 5.63 Å². The van der Waals surface area contributed by atoms with Crippen LogP contribution in [0.25, 0.3) is 11.0 Å². The van der Waals surface area contributed by atoms with Crippen LogP contribution in [0.4, 0.5) is 11.4 Å². The van der Waals surface area contributed by atoms with E-state index in [2.05, 4.69) is 5.32 Å². The molecule has 0 bridgehead atoms. The molecule has 0 fully saturated rings. The van der Waals surface area contributed by atoms with Crippen molar-refractivity contribution in [1.82, 2.24) is 0 Å². The second-order valence-electron chi connectivity index (χ2n) is 5.17. The highest BCUT2D eigenvalue weighted by atomic mass is 16.6. The van der Waals surface area contributed by atoms with Gasteiger partial charge in [0.05, 0.1) is 4.92 Å². The van der Waals surface area contributed by atoms with Gasteiger partial charge < -0.3 is 9.73 Å². The predicted octanol–water partition coefficient (Wildman–Crippen LogP) is 3.26. The van der Waals surface area contributed by atoms with Crippen molar-refractivity contribution in [3.63, 3.8) is 0 Å². The number of nitrogens with zero attached hydrogens (tertiary/aromatic N) is 1. The van der Waals surface area contributed by atoms with Crippen LogP contribution in [0.5, 0.6) is 0 Å². The van der Waals surface area contributed by atoms with Gasteiger partial charge in [-0.1, -0.05) is 6.07 Å². The van der Waals surface area contributed by atoms with Crippen molar-refractivity contribution < 1.29 is 14.1 Å². The van der Waals surface area contributed by atoms with Crippen molar-refractivity contribution in [2.75, 3.05) is 5.32 Å².